The number of rotatable bonds is 3. The lowest BCUT2D eigenvalue weighted by Crippen LogP contribution is -2.19. The molecule has 92 valence electrons. The molecule has 0 aliphatic carbocycles. The third-order valence-electron chi connectivity index (χ3n) is 2.47. The van der Waals surface area contributed by atoms with Crippen LogP contribution in [0.1, 0.15) is 13.3 Å². The van der Waals surface area contributed by atoms with Crippen LogP contribution in [0.5, 0.6) is 0 Å². The molecule has 0 saturated carbocycles. The van der Waals surface area contributed by atoms with Crippen molar-refractivity contribution in [3.8, 4) is 0 Å². The number of ketones is 1. The highest BCUT2D eigenvalue weighted by molar-refractivity contribution is 6.44. The summed E-state index contributed by atoms with van der Waals surface area (Å²) in [6.07, 6.45) is -0.0714. The van der Waals surface area contributed by atoms with Crippen LogP contribution < -0.4 is 5.01 Å². The van der Waals surface area contributed by atoms with Gasteiger partial charge in [-0.25, -0.2) is 0 Å². The van der Waals surface area contributed by atoms with E-state index in [4.69, 9.17) is 0 Å². The SMILES string of the molecule is CC(=O)C1=NN(c2cccc([N+](=O)[O-])c2)C(=O)C1. The van der Waals surface area contributed by atoms with Crippen molar-refractivity contribution in [2.24, 2.45) is 5.10 Å². The lowest BCUT2D eigenvalue weighted by molar-refractivity contribution is -0.384. The first-order chi connectivity index (χ1) is 8.49. The second-order valence-electron chi connectivity index (χ2n) is 3.76. The average Bonchev–Trinajstić information content (AvgIpc) is 2.72. The summed E-state index contributed by atoms with van der Waals surface area (Å²) < 4.78 is 0. The Morgan fingerprint density at radius 2 is 2.22 bits per heavy atom. The minimum absolute atomic E-state index is 0.0714. The summed E-state index contributed by atoms with van der Waals surface area (Å²) in [6, 6.07) is 5.55. The standard InChI is InChI=1S/C11H9N3O4/c1-7(15)10-6-11(16)13(12-10)8-3-2-4-9(5-8)14(17)18/h2-5H,6H2,1H3. The highest BCUT2D eigenvalue weighted by Gasteiger charge is 2.28. The van der Waals surface area contributed by atoms with E-state index in [1.54, 1.807) is 0 Å². The highest BCUT2D eigenvalue weighted by atomic mass is 16.6. The van der Waals surface area contributed by atoms with Crippen molar-refractivity contribution in [2.45, 2.75) is 13.3 Å². The van der Waals surface area contributed by atoms with Gasteiger partial charge in [0.15, 0.2) is 5.78 Å². The van der Waals surface area contributed by atoms with E-state index in [1.165, 1.54) is 31.2 Å². The zero-order valence-electron chi connectivity index (χ0n) is 9.49. The van der Waals surface area contributed by atoms with Crippen molar-refractivity contribution in [3.05, 3.63) is 34.4 Å². The normalized spacial score (nSPS) is 14.6. The molecule has 0 radical (unpaired) electrons. The number of carbonyl (C=O) groups is 2. The van der Waals surface area contributed by atoms with Gasteiger partial charge in [-0.2, -0.15) is 10.1 Å². The Hall–Kier alpha value is -2.57. The van der Waals surface area contributed by atoms with Gasteiger partial charge in [0.05, 0.1) is 17.0 Å². The predicted octanol–water partition coefficient (Wildman–Crippen LogP) is 1.28. The molecular weight excluding hydrogens is 238 g/mol. The van der Waals surface area contributed by atoms with E-state index in [2.05, 4.69) is 5.10 Å². The third-order valence-corrected chi connectivity index (χ3v) is 2.47. The van der Waals surface area contributed by atoms with Crippen LogP contribution >= 0.6 is 0 Å². The molecule has 0 spiro atoms. The number of Topliss-reactive ketones (excluding diaryl/α,β-unsaturated/α-hetero) is 1. The van der Waals surface area contributed by atoms with Gasteiger partial charge >= 0.3 is 0 Å². The fraction of sp³-hybridized carbons (Fsp3) is 0.182. The van der Waals surface area contributed by atoms with E-state index >= 15 is 0 Å². The summed E-state index contributed by atoms with van der Waals surface area (Å²) in [5, 5.41) is 15.5. The largest absolute Gasteiger partial charge is 0.293 e. The summed E-state index contributed by atoms with van der Waals surface area (Å²) >= 11 is 0. The van der Waals surface area contributed by atoms with Gasteiger partial charge in [0.2, 0.25) is 0 Å². The van der Waals surface area contributed by atoms with Crippen molar-refractivity contribution in [1.82, 2.24) is 0 Å². The number of hydrogen-bond acceptors (Lipinski definition) is 5. The molecule has 1 aliphatic rings. The number of nitrogens with zero attached hydrogens (tertiary/aromatic N) is 3. The quantitative estimate of drug-likeness (QED) is 0.594. The summed E-state index contributed by atoms with van der Waals surface area (Å²) in [5.74, 6) is -0.656. The number of carbonyl (C=O) groups excluding carboxylic acids is 2. The Balaban J connectivity index is 2.37. The van der Waals surface area contributed by atoms with Crippen LogP contribution in [0.3, 0.4) is 0 Å². The number of amides is 1. The Morgan fingerprint density at radius 1 is 1.50 bits per heavy atom. The summed E-state index contributed by atoms with van der Waals surface area (Å²) in [5.41, 5.74) is 0.309. The number of benzene rings is 1. The Labute approximate surface area is 102 Å². The number of anilines is 1. The maximum Gasteiger partial charge on any atom is 0.271 e. The maximum atomic E-state index is 11.7. The van der Waals surface area contributed by atoms with Crippen LogP contribution in [-0.4, -0.2) is 22.3 Å². The van der Waals surface area contributed by atoms with Gasteiger partial charge in [-0.05, 0) is 6.07 Å². The molecule has 1 aliphatic heterocycles. The Kier molecular flexibility index (Phi) is 2.88. The second kappa shape index (κ2) is 4.36. The van der Waals surface area contributed by atoms with Crippen LogP contribution in [0.15, 0.2) is 29.4 Å². The van der Waals surface area contributed by atoms with Gasteiger partial charge in [-0.1, -0.05) is 6.07 Å². The summed E-state index contributed by atoms with van der Waals surface area (Å²) in [7, 11) is 0. The van der Waals surface area contributed by atoms with Crippen molar-refractivity contribution in [3.63, 3.8) is 0 Å². The Morgan fingerprint density at radius 3 is 2.78 bits per heavy atom. The first-order valence-corrected chi connectivity index (χ1v) is 5.15. The summed E-state index contributed by atoms with van der Waals surface area (Å²) in [4.78, 5) is 32.9. The Bertz CT molecular complexity index is 579. The molecule has 1 amide bonds. The molecule has 1 aromatic rings. The van der Waals surface area contributed by atoms with Crippen LogP contribution in [0.2, 0.25) is 0 Å². The van der Waals surface area contributed by atoms with Crippen LogP contribution in [0.25, 0.3) is 0 Å². The second-order valence-corrected chi connectivity index (χ2v) is 3.76. The van der Waals surface area contributed by atoms with E-state index in [-0.39, 0.29) is 35.2 Å². The minimum Gasteiger partial charge on any atom is -0.293 e. The molecule has 0 saturated heterocycles. The molecule has 18 heavy (non-hydrogen) atoms. The summed E-state index contributed by atoms with van der Waals surface area (Å²) in [6.45, 7) is 1.32. The van der Waals surface area contributed by atoms with Gasteiger partial charge in [0.25, 0.3) is 11.6 Å². The van der Waals surface area contributed by atoms with Crippen LogP contribution in [0, 0.1) is 10.1 Å². The number of non-ortho nitro benzene ring substituents is 1. The van der Waals surface area contributed by atoms with Crippen molar-refractivity contribution >= 4 is 28.8 Å². The van der Waals surface area contributed by atoms with Gasteiger partial charge in [0.1, 0.15) is 5.71 Å². The lowest BCUT2D eigenvalue weighted by atomic mass is 10.2. The van der Waals surface area contributed by atoms with Gasteiger partial charge < -0.3 is 0 Å². The van der Waals surface area contributed by atoms with Crippen LogP contribution in [-0.2, 0) is 9.59 Å². The maximum absolute atomic E-state index is 11.7. The van der Waals surface area contributed by atoms with E-state index in [0.717, 1.165) is 5.01 Å². The molecule has 0 N–H and O–H groups in total. The van der Waals surface area contributed by atoms with E-state index < -0.39 is 4.92 Å². The fourth-order valence-corrected chi connectivity index (χ4v) is 1.56. The molecule has 1 heterocycles. The molecule has 2 rings (SSSR count). The lowest BCUT2D eigenvalue weighted by Gasteiger charge is -2.10. The average molecular weight is 247 g/mol. The molecule has 0 bridgehead atoms. The van der Waals surface area contributed by atoms with Gasteiger partial charge in [-0.3, -0.25) is 19.7 Å². The van der Waals surface area contributed by atoms with Crippen molar-refractivity contribution in [1.29, 1.82) is 0 Å². The van der Waals surface area contributed by atoms with Gasteiger partial charge in [0, 0.05) is 19.1 Å². The molecular formula is C11H9N3O4. The topological polar surface area (TPSA) is 92.9 Å². The van der Waals surface area contributed by atoms with Crippen molar-refractivity contribution in [2.75, 3.05) is 5.01 Å². The number of hydrazone groups is 1. The molecule has 7 heteroatoms. The zero-order valence-corrected chi connectivity index (χ0v) is 9.49. The third kappa shape index (κ3) is 2.10. The minimum atomic E-state index is -0.556. The van der Waals surface area contributed by atoms with Crippen LogP contribution in [0.4, 0.5) is 11.4 Å². The van der Waals surface area contributed by atoms with E-state index in [1.807, 2.05) is 0 Å². The molecule has 0 fully saturated rings. The number of hydrogen-bond donors (Lipinski definition) is 0. The van der Waals surface area contributed by atoms with E-state index in [0.29, 0.717) is 0 Å². The number of nitro groups is 1. The first kappa shape index (κ1) is 11.9. The molecule has 0 aromatic heterocycles. The number of nitro benzene ring substituents is 1. The smallest absolute Gasteiger partial charge is 0.271 e. The monoisotopic (exact) mass is 247 g/mol. The fourth-order valence-electron chi connectivity index (χ4n) is 1.56. The molecule has 0 atom stereocenters. The van der Waals surface area contributed by atoms with Crippen molar-refractivity contribution < 1.29 is 14.5 Å². The molecule has 7 nitrogen and oxygen atoms in total. The predicted molar refractivity (Wildman–Crippen MR) is 63.3 cm³/mol. The first-order valence-electron chi connectivity index (χ1n) is 5.15. The molecule has 0 unspecified atom stereocenters. The highest BCUT2D eigenvalue weighted by Crippen LogP contribution is 2.24. The zero-order chi connectivity index (χ0) is 13.3. The molecule has 1 aromatic carbocycles. The van der Waals surface area contributed by atoms with Gasteiger partial charge in [-0.15, -0.1) is 0 Å². The van der Waals surface area contributed by atoms with E-state index in [9.17, 15) is 19.7 Å².